The summed E-state index contributed by atoms with van der Waals surface area (Å²) in [6.07, 6.45) is 0.925. The van der Waals surface area contributed by atoms with E-state index in [2.05, 4.69) is 4.98 Å². The van der Waals surface area contributed by atoms with Crippen LogP contribution in [0, 0.1) is 0 Å². The molecule has 1 heterocycles. The van der Waals surface area contributed by atoms with E-state index in [0.29, 0.717) is 17.9 Å². The molecule has 0 bridgehead atoms. The number of ether oxygens (including phenoxy) is 1. The number of carbonyl (C=O) groups excluding carboxylic acids is 1. The van der Waals surface area contributed by atoms with Gasteiger partial charge in [-0.15, -0.1) is 0 Å². The number of rotatable bonds is 6. The lowest BCUT2D eigenvalue weighted by Gasteiger charge is -2.22. The molecule has 0 spiro atoms. The molecule has 1 atom stereocenters. The number of methoxy groups -OCH3 is 1. The molecule has 94 valence electrons. The monoisotopic (exact) mass is 239 g/mol. The zero-order valence-electron chi connectivity index (χ0n) is 9.96. The summed E-state index contributed by atoms with van der Waals surface area (Å²) in [5.41, 5.74) is 5.58. The van der Waals surface area contributed by atoms with Crippen molar-refractivity contribution in [1.82, 2.24) is 4.98 Å². The van der Waals surface area contributed by atoms with Crippen LogP contribution in [0.25, 0.3) is 0 Å². The minimum absolute atomic E-state index is 0.225. The van der Waals surface area contributed by atoms with E-state index in [-0.39, 0.29) is 6.61 Å². The van der Waals surface area contributed by atoms with Crippen molar-refractivity contribution in [1.29, 1.82) is 0 Å². The van der Waals surface area contributed by atoms with Crippen LogP contribution in [0.2, 0.25) is 0 Å². The van der Waals surface area contributed by atoms with Crippen LogP contribution in [0.15, 0.2) is 18.3 Å². The molecule has 0 fully saturated rings. The van der Waals surface area contributed by atoms with Gasteiger partial charge in [0.2, 0.25) is 0 Å². The Bertz CT molecular complexity index is 384. The molecule has 0 aliphatic heterocycles. The zero-order chi connectivity index (χ0) is 12.8. The molecule has 1 rings (SSSR count). The molecule has 17 heavy (non-hydrogen) atoms. The molecular formula is C11H17N3O3. The molecule has 3 N–H and O–H groups in total. The molecule has 1 unspecified atom stereocenters. The molecule has 0 saturated carbocycles. The number of hydrogen-bond acceptors (Lipinski definition) is 5. The fourth-order valence-corrected chi connectivity index (χ4v) is 1.54. The summed E-state index contributed by atoms with van der Waals surface area (Å²) in [5.74, 6) is -0.0867. The smallest absolute Gasteiger partial charge is 0.252 e. The van der Waals surface area contributed by atoms with Gasteiger partial charge in [0, 0.05) is 26.9 Å². The minimum atomic E-state index is -0.646. The van der Waals surface area contributed by atoms with Crippen LogP contribution in [-0.2, 0) is 4.74 Å². The summed E-state index contributed by atoms with van der Waals surface area (Å²) in [6.45, 7) is 0.536. The lowest BCUT2D eigenvalue weighted by atomic mass is 10.2. The highest BCUT2D eigenvalue weighted by Crippen LogP contribution is 2.15. The number of likely N-dealkylation sites (N-methyl/N-ethyl adjacent to an activating group) is 1. The van der Waals surface area contributed by atoms with E-state index >= 15 is 0 Å². The Hall–Kier alpha value is -1.66. The highest BCUT2D eigenvalue weighted by atomic mass is 16.5. The van der Waals surface area contributed by atoms with Gasteiger partial charge in [-0.25, -0.2) is 4.98 Å². The van der Waals surface area contributed by atoms with Crippen molar-refractivity contribution in [2.45, 2.75) is 6.10 Å². The van der Waals surface area contributed by atoms with Crippen molar-refractivity contribution in [3.05, 3.63) is 23.9 Å². The maximum Gasteiger partial charge on any atom is 0.252 e. The van der Waals surface area contributed by atoms with Gasteiger partial charge < -0.3 is 20.5 Å². The Morgan fingerprint density at radius 3 is 3.00 bits per heavy atom. The van der Waals surface area contributed by atoms with Crippen LogP contribution in [-0.4, -0.2) is 49.4 Å². The minimum Gasteiger partial charge on any atom is -0.389 e. The second-order valence-corrected chi connectivity index (χ2v) is 3.73. The first kappa shape index (κ1) is 13.4. The largest absolute Gasteiger partial charge is 0.389 e. The average molecular weight is 239 g/mol. The normalized spacial score (nSPS) is 12.2. The standard InChI is InChI=1S/C11H17N3O3/c1-14(6-8(15)7-17-2)11-9(10(12)16)4-3-5-13-11/h3-5,8,15H,6-7H2,1-2H3,(H2,12,16). The molecule has 0 saturated heterocycles. The number of aliphatic hydroxyl groups is 1. The number of hydrogen-bond donors (Lipinski definition) is 2. The Morgan fingerprint density at radius 2 is 2.41 bits per heavy atom. The number of aromatic nitrogens is 1. The SMILES string of the molecule is COCC(O)CN(C)c1ncccc1C(N)=O. The van der Waals surface area contributed by atoms with Crippen molar-refractivity contribution in [3.63, 3.8) is 0 Å². The van der Waals surface area contributed by atoms with E-state index in [0.717, 1.165) is 0 Å². The van der Waals surface area contributed by atoms with E-state index < -0.39 is 12.0 Å². The molecule has 0 aliphatic rings. The van der Waals surface area contributed by atoms with Gasteiger partial charge in [-0.2, -0.15) is 0 Å². The summed E-state index contributed by atoms with van der Waals surface area (Å²) >= 11 is 0. The second kappa shape index (κ2) is 6.17. The fraction of sp³-hybridized carbons (Fsp3) is 0.455. The highest BCUT2D eigenvalue weighted by Gasteiger charge is 2.15. The number of primary amides is 1. The van der Waals surface area contributed by atoms with E-state index in [1.807, 2.05) is 0 Å². The Morgan fingerprint density at radius 1 is 1.71 bits per heavy atom. The summed E-state index contributed by atoms with van der Waals surface area (Å²) < 4.78 is 4.83. The van der Waals surface area contributed by atoms with Gasteiger partial charge in [-0.3, -0.25) is 4.79 Å². The third kappa shape index (κ3) is 3.69. The molecule has 1 aromatic rings. The van der Waals surface area contributed by atoms with Crippen molar-refractivity contribution in [2.24, 2.45) is 5.73 Å². The lowest BCUT2D eigenvalue weighted by Crippen LogP contribution is -2.33. The van der Waals surface area contributed by atoms with E-state index in [1.165, 1.54) is 7.11 Å². The van der Waals surface area contributed by atoms with Gasteiger partial charge in [-0.05, 0) is 12.1 Å². The quantitative estimate of drug-likeness (QED) is 0.706. The topological polar surface area (TPSA) is 88.7 Å². The van der Waals surface area contributed by atoms with Crippen LogP contribution < -0.4 is 10.6 Å². The van der Waals surface area contributed by atoms with Gasteiger partial charge in [0.1, 0.15) is 5.82 Å². The summed E-state index contributed by atoms with van der Waals surface area (Å²) in [5, 5.41) is 9.60. The summed E-state index contributed by atoms with van der Waals surface area (Å²) in [7, 11) is 3.24. The van der Waals surface area contributed by atoms with Gasteiger partial charge in [-0.1, -0.05) is 0 Å². The number of nitrogens with two attached hydrogens (primary N) is 1. The van der Waals surface area contributed by atoms with Crippen LogP contribution in [0.3, 0.4) is 0 Å². The molecule has 6 nitrogen and oxygen atoms in total. The first-order valence-electron chi connectivity index (χ1n) is 5.19. The molecule has 0 aliphatic carbocycles. The Kier molecular flexibility index (Phi) is 4.86. The van der Waals surface area contributed by atoms with Crippen LogP contribution in [0.1, 0.15) is 10.4 Å². The van der Waals surface area contributed by atoms with E-state index in [4.69, 9.17) is 10.5 Å². The zero-order valence-corrected chi connectivity index (χ0v) is 9.96. The van der Waals surface area contributed by atoms with Crippen LogP contribution >= 0.6 is 0 Å². The molecular weight excluding hydrogens is 222 g/mol. The van der Waals surface area contributed by atoms with Crippen molar-refractivity contribution in [3.8, 4) is 0 Å². The van der Waals surface area contributed by atoms with E-state index in [9.17, 15) is 9.90 Å². The number of carbonyl (C=O) groups is 1. The lowest BCUT2D eigenvalue weighted by molar-refractivity contribution is 0.0693. The fourth-order valence-electron chi connectivity index (χ4n) is 1.54. The van der Waals surface area contributed by atoms with Crippen molar-refractivity contribution < 1.29 is 14.6 Å². The van der Waals surface area contributed by atoms with Gasteiger partial charge in [0.15, 0.2) is 0 Å². The number of amides is 1. The van der Waals surface area contributed by atoms with Crippen molar-refractivity contribution in [2.75, 3.05) is 32.2 Å². The Balaban J connectivity index is 2.81. The molecule has 0 radical (unpaired) electrons. The number of aliphatic hydroxyl groups excluding tert-OH is 1. The maximum absolute atomic E-state index is 11.2. The van der Waals surface area contributed by atoms with Crippen molar-refractivity contribution >= 4 is 11.7 Å². The third-order valence-corrected chi connectivity index (χ3v) is 2.26. The number of anilines is 1. The third-order valence-electron chi connectivity index (χ3n) is 2.26. The maximum atomic E-state index is 11.2. The molecule has 0 aromatic carbocycles. The summed E-state index contributed by atoms with van der Waals surface area (Å²) in [4.78, 5) is 17.0. The van der Waals surface area contributed by atoms with Gasteiger partial charge in [0.25, 0.3) is 5.91 Å². The van der Waals surface area contributed by atoms with Gasteiger partial charge in [0.05, 0.1) is 18.3 Å². The number of pyridine rings is 1. The van der Waals surface area contributed by atoms with Gasteiger partial charge >= 0.3 is 0 Å². The van der Waals surface area contributed by atoms with Crippen LogP contribution in [0.5, 0.6) is 0 Å². The number of nitrogens with zero attached hydrogens (tertiary/aromatic N) is 2. The van der Waals surface area contributed by atoms with Crippen LogP contribution in [0.4, 0.5) is 5.82 Å². The Labute approximate surface area is 100 Å². The molecule has 6 heteroatoms. The first-order chi connectivity index (χ1) is 8.06. The predicted molar refractivity (Wildman–Crippen MR) is 63.9 cm³/mol. The molecule has 1 aromatic heterocycles. The highest BCUT2D eigenvalue weighted by molar-refractivity contribution is 5.97. The molecule has 1 amide bonds. The second-order valence-electron chi connectivity index (χ2n) is 3.73. The summed E-state index contributed by atoms with van der Waals surface area (Å²) in [6, 6.07) is 3.24. The van der Waals surface area contributed by atoms with E-state index in [1.54, 1.807) is 30.3 Å². The predicted octanol–water partition coefficient (Wildman–Crippen LogP) is -0.376. The average Bonchev–Trinajstić information content (AvgIpc) is 2.29. The first-order valence-corrected chi connectivity index (χ1v) is 5.19.